The van der Waals surface area contributed by atoms with E-state index in [-0.39, 0.29) is 23.8 Å². The number of aliphatic carboxylic acids is 1. The van der Waals surface area contributed by atoms with Crippen molar-refractivity contribution >= 4 is 11.9 Å². The van der Waals surface area contributed by atoms with Crippen molar-refractivity contribution in [3.05, 3.63) is 0 Å². The molecule has 0 spiro atoms. The Morgan fingerprint density at radius 1 is 1.44 bits per heavy atom. The van der Waals surface area contributed by atoms with Crippen molar-refractivity contribution in [3.8, 4) is 0 Å². The number of amides is 1. The highest BCUT2D eigenvalue weighted by atomic mass is 16.4. The predicted octanol–water partition coefficient (Wildman–Crippen LogP) is 1.94. The molecule has 0 radical (unpaired) electrons. The summed E-state index contributed by atoms with van der Waals surface area (Å²) in [5, 5.41) is 11.5. The van der Waals surface area contributed by atoms with E-state index in [4.69, 9.17) is 5.11 Å². The normalized spacial score (nSPS) is 19.6. The van der Waals surface area contributed by atoms with Crippen molar-refractivity contribution in [2.75, 3.05) is 0 Å². The Morgan fingerprint density at radius 2 is 2.06 bits per heavy atom. The van der Waals surface area contributed by atoms with Crippen LogP contribution in [0.25, 0.3) is 0 Å². The van der Waals surface area contributed by atoms with E-state index in [9.17, 15) is 9.59 Å². The van der Waals surface area contributed by atoms with E-state index in [1.165, 1.54) is 0 Å². The van der Waals surface area contributed by atoms with Gasteiger partial charge < -0.3 is 10.4 Å². The van der Waals surface area contributed by atoms with Crippen LogP contribution in [0.2, 0.25) is 0 Å². The Hall–Kier alpha value is -1.06. The topological polar surface area (TPSA) is 66.4 Å². The lowest BCUT2D eigenvalue weighted by atomic mass is 9.66. The summed E-state index contributed by atoms with van der Waals surface area (Å²) in [5.41, 5.74) is -0.155. The van der Waals surface area contributed by atoms with Crippen molar-refractivity contribution in [2.45, 2.75) is 58.4 Å². The molecule has 0 bridgehead atoms. The minimum atomic E-state index is -0.810. The molecule has 0 aliphatic heterocycles. The van der Waals surface area contributed by atoms with Crippen LogP contribution in [0.15, 0.2) is 0 Å². The Bertz CT molecular complexity index is 266. The highest BCUT2D eigenvalue weighted by Gasteiger charge is 2.42. The number of hydrogen-bond acceptors (Lipinski definition) is 2. The quantitative estimate of drug-likeness (QED) is 0.728. The molecule has 1 unspecified atom stereocenters. The molecule has 1 fully saturated rings. The van der Waals surface area contributed by atoms with Gasteiger partial charge in [-0.1, -0.05) is 13.3 Å². The van der Waals surface area contributed by atoms with E-state index < -0.39 is 5.97 Å². The zero-order chi connectivity index (χ0) is 12.2. The van der Waals surface area contributed by atoms with Gasteiger partial charge in [0, 0.05) is 17.9 Å². The molecule has 1 aliphatic carbocycles. The number of nitrogens with one attached hydrogen (secondary N) is 1. The van der Waals surface area contributed by atoms with Crippen molar-refractivity contribution in [2.24, 2.45) is 5.41 Å². The maximum atomic E-state index is 12.0. The van der Waals surface area contributed by atoms with Crippen LogP contribution < -0.4 is 5.32 Å². The van der Waals surface area contributed by atoms with Gasteiger partial charge in [0.05, 0.1) is 0 Å². The molecule has 0 saturated heterocycles. The minimum absolute atomic E-state index is 0.0485. The van der Waals surface area contributed by atoms with Crippen molar-refractivity contribution < 1.29 is 14.7 Å². The van der Waals surface area contributed by atoms with E-state index in [0.717, 1.165) is 25.7 Å². The van der Waals surface area contributed by atoms with Gasteiger partial charge in [-0.15, -0.1) is 0 Å². The molecule has 16 heavy (non-hydrogen) atoms. The zero-order valence-electron chi connectivity index (χ0n) is 10.1. The molecule has 1 rings (SSSR count). The maximum absolute atomic E-state index is 12.0. The van der Waals surface area contributed by atoms with Crippen LogP contribution in [0.1, 0.15) is 52.4 Å². The summed E-state index contributed by atoms with van der Waals surface area (Å²) in [6.45, 7) is 3.91. The summed E-state index contributed by atoms with van der Waals surface area (Å²) in [7, 11) is 0. The molecule has 92 valence electrons. The third-order valence-electron chi connectivity index (χ3n) is 3.64. The molecule has 1 atom stereocenters. The third kappa shape index (κ3) is 2.97. The molecule has 4 nitrogen and oxygen atoms in total. The summed E-state index contributed by atoms with van der Waals surface area (Å²) in [6.07, 6.45) is 4.57. The van der Waals surface area contributed by atoms with Crippen LogP contribution >= 0.6 is 0 Å². The highest BCUT2D eigenvalue weighted by molar-refractivity contribution is 5.83. The Balaban J connectivity index is 2.35. The molecule has 0 aromatic carbocycles. The number of carboxylic acid groups (broad SMARTS) is 1. The predicted molar refractivity (Wildman–Crippen MR) is 61.0 cm³/mol. The minimum Gasteiger partial charge on any atom is -0.481 e. The Labute approximate surface area is 96.4 Å². The van der Waals surface area contributed by atoms with E-state index >= 15 is 0 Å². The van der Waals surface area contributed by atoms with Crippen LogP contribution in [0.5, 0.6) is 0 Å². The van der Waals surface area contributed by atoms with Crippen LogP contribution in [0.3, 0.4) is 0 Å². The Morgan fingerprint density at radius 3 is 2.44 bits per heavy atom. The summed E-state index contributed by atoms with van der Waals surface area (Å²) in [4.78, 5) is 22.4. The van der Waals surface area contributed by atoms with Gasteiger partial charge in [-0.3, -0.25) is 9.59 Å². The fourth-order valence-corrected chi connectivity index (χ4v) is 2.13. The fourth-order valence-electron chi connectivity index (χ4n) is 2.13. The molecule has 0 aromatic rings. The summed E-state index contributed by atoms with van der Waals surface area (Å²) >= 11 is 0. The number of carbonyl (C=O) groups is 2. The van der Waals surface area contributed by atoms with Gasteiger partial charge in [0.1, 0.15) is 0 Å². The molecule has 0 heterocycles. The molecule has 1 aliphatic rings. The van der Waals surface area contributed by atoms with Gasteiger partial charge in [0.25, 0.3) is 0 Å². The summed E-state index contributed by atoms with van der Waals surface area (Å²) < 4.78 is 0. The standard InChI is InChI=1S/C12H21NO3/c1-3-12(7-4-8-12)11(16)13-9(2)5-6-10(14)15/h9H,3-8H2,1-2H3,(H,13,16)(H,14,15). The molecule has 0 aromatic heterocycles. The van der Waals surface area contributed by atoms with Gasteiger partial charge in [-0.05, 0) is 32.6 Å². The highest BCUT2D eigenvalue weighted by Crippen LogP contribution is 2.43. The van der Waals surface area contributed by atoms with Gasteiger partial charge in [0.15, 0.2) is 0 Å². The SMILES string of the molecule is CCC1(C(=O)NC(C)CCC(=O)O)CCC1. The average molecular weight is 227 g/mol. The second-order valence-electron chi connectivity index (χ2n) is 4.79. The van der Waals surface area contributed by atoms with Gasteiger partial charge >= 0.3 is 5.97 Å². The smallest absolute Gasteiger partial charge is 0.303 e. The first-order valence-electron chi connectivity index (χ1n) is 6.03. The van der Waals surface area contributed by atoms with Crippen molar-refractivity contribution in [1.82, 2.24) is 5.32 Å². The van der Waals surface area contributed by atoms with Crippen LogP contribution in [-0.4, -0.2) is 23.0 Å². The molecule has 1 saturated carbocycles. The molecule has 2 N–H and O–H groups in total. The van der Waals surface area contributed by atoms with E-state index in [1.54, 1.807) is 0 Å². The summed E-state index contributed by atoms with van der Waals surface area (Å²) in [6, 6.07) is -0.0485. The lowest BCUT2D eigenvalue weighted by Gasteiger charge is -2.40. The van der Waals surface area contributed by atoms with Gasteiger partial charge in [0.2, 0.25) is 5.91 Å². The zero-order valence-corrected chi connectivity index (χ0v) is 10.1. The summed E-state index contributed by atoms with van der Waals surface area (Å²) in [5.74, 6) is -0.700. The maximum Gasteiger partial charge on any atom is 0.303 e. The first-order valence-corrected chi connectivity index (χ1v) is 6.03. The second kappa shape index (κ2) is 5.32. The molecule has 4 heteroatoms. The first-order chi connectivity index (χ1) is 7.50. The van der Waals surface area contributed by atoms with Crippen molar-refractivity contribution in [3.63, 3.8) is 0 Å². The number of rotatable bonds is 6. The number of hydrogen-bond donors (Lipinski definition) is 2. The largest absolute Gasteiger partial charge is 0.481 e. The fraction of sp³-hybridized carbons (Fsp3) is 0.833. The van der Waals surface area contributed by atoms with E-state index in [0.29, 0.717) is 6.42 Å². The number of carboxylic acids is 1. The number of carbonyl (C=O) groups excluding carboxylic acids is 1. The van der Waals surface area contributed by atoms with E-state index in [2.05, 4.69) is 5.32 Å². The monoisotopic (exact) mass is 227 g/mol. The second-order valence-corrected chi connectivity index (χ2v) is 4.79. The lowest BCUT2D eigenvalue weighted by molar-refractivity contribution is -0.139. The molecular formula is C12H21NO3. The third-order valence-corrected chi connectivity index (χ3v) is 3.64. The lowest BCUT2D eigenvalue weighted by Crippen LogP contribution is -2.48. The Kier molecular flexibility index (Phi) is 4.33. The van der Waals surface area contributed by atoms with Crippen molar-refractivity contribution in [1.29, 1.82) is 0 Å². The first kappa shape index (κ1) is 13.0. The van der Waals surface area contributed by atoms with Crippen LogP contribution in [-0.2, 0) is 9.59 Å². The van der Waals surface area contributed by atoms with Crippen LogP contribution in [0, 0.1) is 5.41 Å². The van der Waals surface area contributed by atoms with E-state index in [1.807, 2.05) is 13.8 Å². The molecular weight excluding hydrogens is 206 g/mol. The van der Waals surface area contributed by atoms with Gasteiger partial charge in [-0.2, -0.15) is 0 Å². The van der Waals surface area contributed by atoms with Crippen LogP contribution in [0.4, 0.5) is 0 Å². The van der Waals surface area contributed by atoms with Gasteiger partial charge in [-0.25, -0.2) is 0 Å². The average Bonchev–Trinajstić information content (AvgIpc) is 2.13. The molecule has 1 amide bonds.